The highest BCUT2D eigenvalue weighted by molar-refractivity contribution is 9.11. The van der Waals surface area contributed by atoms with Crippen molar-refractivity contribution >= 4 is 31.9 Å². The summed E-state index contributed by atoms with van der Waals surface area (Å²) in [6.45, 7) is -0.320. The first-order chi connectivity index (χ1) is 6.36. The number of rotatable bonds is 1. The zero-order chi connectivity index (χ0) is 10.9. The van der Waals surface area contributed by atoms with Crippen molar-refractivity contribution in [1.29, 1.82) is 0 Å². The monoisotopic (exact) mass is 332 g/mol. The third-order valence-corrected chi connectivity index (χ3v) is 3.04. The predicted molar refractivity (Wildman–Crippen MR) is 52.8 cm³/mol. The van der Waals surface area contributed by atoms with Crippen LogP contribution in [-0.4, -0.2) is 5.11 Å². The van der Waals surface area contributed by atoms with E-state index in [1.807, 2.05) is 0 Å². The minimum atomic E-state index is -4.38. The summed E-state index contributed by atoms with van der Waals surface area (Å²) in [6, 6.07) is 1.88. The highest BCUT2D eigenvalue weighted by Crippen LogP contribution is 2.35. The van der Waals surface area contributed by atoms with Gasteiger partial charge in [0.25, 0.3) is 0 Å². The third-order valence-electron chi connectivity index (χ3n) is 1.63. The van der Waals surface area contributed by atoms with Gasteiger partial charge in [-0.2, -0.15) is 13.2 Å². The van der Waals surface area contributed by atoms with Gasteiger partial charge in [0, 0.05) is 14.5 Å². The summed E-state index contributed by atoms with van der Waals surface area (Å²) in [7, 11) is 0. The molecule has 0 aliphatic carbocycles. The highest BCUT2D eigenvalue weighted by Gasteiger charge is 2.31. The molecule has 0 atom stereocenters. The van der Waals surface area contributed by atoms with Crippen molar-refractivity contribution in [3.05, 3.63) is 32.2 Å². The van der Waals surface area contributed by atoms with Gasteiger partial charge in [-0.25, -0.2) is 0 Å². The van der Waals surface area contributed by atoms with Crippen LogP contribution in [0.3, 0.4) is 0 Å². The number of alkyl halides is 3. The molecule has 0 unspecified atom stereocenters. The molecule has 0 heterocycles. The number of hydrogen-bond donors (Lipinski definition) is 1. The first kappa shape index (κ1) is 12.0. The quantitative estimate of drug-likeness (QED) is 0.830. The molecule has 0 fully saturated rings. The van der Waals surface area contributed by atoms with Crippen LogP contribution in [0.5, 0.6) is 0 Å². The van der Waals surface area contributed by atoms with Crippen molar-refractivity contribution in [3.63, 3.8) is 0 Å². The lowest BCUT2D eigenvalue weighted by Gasteiger charge is -2.10. The van der Waals surface area contributed by atoms with Gasteiger partial charge in [-0.3, -0.25) is 0 Å². The molecule has 0 radical (unpaired) electrons. The van der Waals surface area contributed by atoms with E-state index in [9.17, 15) is 13.2 Å². The fourth-order valence-corrected chi connectivity index (χ4v) is 2.35. The molecular formula is C8H5Br2F3O. The van der Waals surface area contributed by atoms with Gasteiger partial charge in [0.1, 0.15) is 0 Å². The molecule has 0 aliphatic heterocycles. The van der Waals surface area contributed by atoms with Gasteiger partial charge in [-0.1, -0.05) is 31.9 Å². The number of halogens is 5. The van der Waals surface area contributed by atoms with E-state index in [2.05, 4.69) is 31.9 Å². The number of aliphatic hydroxyl groups is 1. The van der Waals surface area contributed by atoms with Gasteiger partial charge in [0.15, 0.2) is 0 Å². The van der Waals surface area contributed by atoms with Gasteiger partial charge in [0.05, 0.1) is 12.2 Å². The maximum absolute atomic E-state index is 12.3. The largest absolute Gasteiger partial charge is 0.416 e. The van der Waals surface area contributed by atoms with E-state index in [4.69, 9.17) is 5.11 Å². The summed E-state index contributed by atoms with van der Waals surface area (Å²) >= 11 is 5.92. The molecule has 14 heavy (non-hydrogen) atoms. The third kappa shape index (κ3) is 2.49. The Kier molecular flexibility index (Phi) is 3.60. The number of hydrogen-bond acceptors (Lipinski definition) is 1. The van der Waals surface area contributed by atoms with Gasteiger partial charge in [-0.05, 0) is 12.1 Å². The predicted octanol–water partition coefficient (Wildman–Crippen LogP) is 3.72. The second kappa shape index (κ2) is 4.20. The zero-order valence-electron chi connectivity index (χ0n) is 6.70. The van der Waals surface area contributed by atoms with Gasteiger partial charge in [-0.15, -0.1) is 0 Å². The fourth-order valence-electron chi connectivity index (χ4n) is 0.918. The number of aliphatic hydroxyl groups excluding tert-OH is 1. The Hall–Kier alpha value is -0.0700. The topological polar surface area (TPSA) is 20.2 Å². The molecule has 0 bridgehead atoms. The van der Waals surface area contributed by atoms with E-state index in [-0.39, 0.29) is 15.6 Å². The molecule has 78 valence electrons. The van der Waals surface area contributed by atoms with E-state index < -0.39 is 11.7 Å². The summed E-state index contributed by atoms with van der Waals surface area (Å²) in [5, 5.41) is 8.85. The highest BCUT2D eigenvalue weighted by atomic mass is 79.9. The Morgan fingerprint density at radius 1 is 1.14 bits per heavy atom. The molecule has 0 saturated carbocycles. The summed E-state index contributed by atoms with van der Waals surface area (Å²) in [6.07, 6.45) is -4.38. The Morgan fingerprint density at radius 2 is 1.57 bits per heavy atom. The summed E-state index contributed by atoms with van der Waals surface area (Å²) in [4.78, 5) is 0. The van der Waals surface area contributed by atoms with Crippen molar-refractivity contribution in [1.82, 2.24) is 0 Å². The van der Waals surface area contributed by atoms with Crippen molar-refractivity contribution in [2.24, 2.45) is 0 Å². The average Bonchev–Trinajstić information content (AvgIpc) is 2.01. The Morgan fingerprint density at radius 3 is 1.86 bits per heavy atom. The van der Waals surface area contributed by atoms with Crippen LogP contribution in [0, 0.1) is 0 Å². The van der Waals surface area contributed by atoms with E-state index in [0.29, 0.717) is 5.56 Å². The second-order valence-corrected chi connectivity index (χ2v) is 4.28. The number of benzene rings is 1. The lowest BCUT2D eigenvalue weighted by molar-refractivity contribution is -0.137. The molecule has 0 amide bonds. The average molecular weight is 334 g/mol. The summed E-state index contributed by atoms with van der Waals surface area (Å²) in [5.74, 6) is 0. The zero-order valence-corrected chi connectivity index (χ0v) is 9.87. The molecule has 0 aromatic heterocycles. The smallest absolute Gasteiger partial charge is 0.392 e. The first-order valence-corrected chi connectivity index (χ1v) is 5.11. The second-order valence-electron chi connectivity index (χ2n) is 2.57. The summed E-state index contributed by atoms with van der Waals surface area (Å²) in [5.41, 5.74) is -0.355. The minimum absolute atomic E-state index is 0.238. The van der Waals surface area contributed by atoms with Gasteiger partial charge >= 0.3 is 6.18 Å². The summed E-state index contributed by atoms with van der Waals surface area (Å²) < 4.78 is 37.3. The Bertz CT molecular complexity index is 326. The Labute approximate surface area is 95.2 Å². The van der Waals surface area contributed by atoms with E-state index in [1.54, 1.807) is 0 Å². The van der Waals surface area contributed by atoms with Crippen molar-refractivity contribution in [2.45, 2.75) is 12.8 Å². The Balaban J connectivity index is 3.28. The molecule has 1 N–H and O–H groups in total. The SMILES string of the molecule is OCc1c(Br)cc(C(F)(F)F)cc1Br. The molecule has 0 aliphatic rings. The van der Waals surface area contributed by atoms with Crippen LogP contribution in [0.4, 0.5) is 13.2 Å². The molecule has 0 spiro atoms. The van der Waals surface area contributed by atoms with Crippen LogP contribution in [0.15, 0.2) is 21.1 Å². The lowest BCUT2D eigenvalue weighted by atomic mass is 10.1. The maximum Gasteiger partial charge on any atom is 0.416 e. The maximum atomic E-state index is 12.3. The van der Waals surface area contributed by atoms with Gasteiger partial charge < -0.3 is 5.11 Å². The first-order valence-electron chi connectivity index (χ1n) is 3.52. The van der Waals surface area contributed by atoms with Crippen LogP contribution in [0.2, 0.25) is 0 Å². The van der Waals surface area contributed by atoms with Crippen molar-refractivity contribution in [3.8, 4) is 0 Å². The van der Waals surface area contributed by atoms with Crippen LogP contribution >= 0.6 is 31.9 Å². The lowest BCUT2D eigenvalue weighted by Crippen LogP contribution is -2.05. The van der Waals surface area contributed by atoms with Crippen LogP contribution in [-0.2, 0) is 12.8 Å². The molecule has 1 nitrogen and oxygen atoms in total. The molecular weight excluding hydrogens is 329 g/mol. The standard InChI is InChI=1S/C8H5Br2F3O/c9-6-1-4(8(11,12)13)2-7(10)5(6)3-14/h1-2,14H,3H2. The molecule has 1 aromatic rings. The van der Waals surface area contributed by atoms with Gasteiger partial charge in [0.2, 0.25) is 0 Å². The van der Waals surface area contributed by atoms with Crippen LogP contribution < -0.4 is 0 Å². The molecule has 0 saturated heterocycles. The van der Waals surface area contributed by atoms with Crippen LogP contribution in [0.1, 0.15) is 11.1 Å². The minimum Gasteiger partial charge on any atom is -0.392 e. The normalized spacial score (nSPS) is 11.9. The fraction of sp³-hybridized carbons (Fsp3) is 0.250. The molecule has 1 rings (SSSR count). The van der Waals surface area contributed by atoms with E-state index >= 15 is 0 Å². The van der Waals surface area contributed by atoms with E-state index in [1.165, 1.54) is 0 Å². The molecule has 1 aromatic carbocycles. The van der Waals surface area contributed by atoms with Crippen molar-refractivity contribution < 1.29 is 18.3 Å². The van der Waals surface area contributed by atoms with Crippen LogP contribution in [0.25, 0.3) is 0 Å². The molecule has 6 heteroatoms. The van der Waals surface area contributed by atoms with Crippen molar-refractivity contribution in [2.75, 3.05) is 0 Å². The van der Waals surface area contributed by atoms with E-state index in [0.717, 1.165) is 12.1 Å².